The predicted molar refractivity (Wildman–Crippen MR) is 79.8 cm³/mol. The number of aliphatic carboxylic acids is 1. The first kappa shape index (κ1) is 16.7. The molecule has 22 heavy (non-hydrogen) atoms. The van der Waals surface area contributed by atoms with Crippen LogP contribution in [-0.2, 0) is 9.59 Å². The molecule has 6 heteroatoms. The minimum atomic E-state index is -1.14. The number of nitrogens with one attached hydrogen (secondary N) is 1. The van der Waals surface area contributed by atoms with Crippen LogP contribution >= 0.6 is 11.6 Å². The summed E-state index contributed by atoms with van der Waals surface area (Å²) in [7, 11) is 0. The SMILES string of the molecule is O=C([O-])CC1(CC(=O)Nc2cc(F)ccc2Cl)CCCCC1. The average Bonchev–Trinajstić information content (AvgIpc) is 2.42. The van der Waals surface area contributed by atoms with E-state index >= 15 is 0 Å². The minimum Gasteiger partial charge on any atom is -0.550 e. The Morgan fingerprint density at radius 1 is 1.23 bits per heavy atom. The number of carbonyl (C=O) groups excluding carboxylic acids is 2. The molecule has 1 aliphatic rings. The first-order chi connectivity index (χ1) is 10.4. The van der Waals surface area contributed by atoms with Gasteiger partial charge in [-0.25, -0.2) is 4.39 Å². The number of carboxylic acid groups (broad SMARTS) is 1. The Morgan fingerprint density at radius 3 is 2.55 bits per heavy atom. The standard InChI is InChI=1S/C16H19ClFNO3/c17-12-5-4-11(18)8-13(12)19-14(20)9-16(10-15(21)22)6-2-1-3-7-16/h4-5,8H,1-3,6-7,9-10H2,(H,19,20)(H,21,22)/p-1. The van der Waals surface area contributed by atoms with Gasteiger partial charge in [0, 0.05) is 12.4 Å². The molecule has 2 rings (SSSR count). The summed E-state index contributed by atoms with van der Waals surface area (Å²) in [4.78, 5) is 23.2. The third-order valence-corrected chi connectivity index (χ3v) is 4.50. The first-order valence-corrected chi connectivity index (χ1v) is 7.73. The second-order valence-electron chi connectivity index (χ2n) is 5.96. The summed E-state index contributed by atoms with van der Waals surface area (Å²) in [6.45, 7) is 0. The third-order valence-electron chi connectivity index (χ3n) is 4.17. The van der Waals surface area contributed by atoms with Gasteiger partial charge in [0.25, 0.3) is 0 Å². The van der Waals surface area contributed by atoms with E-state index in [0.29, 0.717) is 12.8 Å². The summed E-state index contributed by atoms with van der Waals surface area (Å²) in [5.41, 5.74) is -0.368. The smallest absolute Gasteiger partial charge is 0.224 e. The van der Waals surface area contributed by atoms with Crippen LogP contribution in [0.15, 0.2) is 18.2 Å². The van der Waals surface area contributed by atoms with Crippen LogP contribution in [0.1, 0.15) is 44.9 Å². The third kappa shape index (κ3) is 4.44. The Labute approximate surface area is 133 Å². The van der Waals surface area contributed by atoms with Crippen LogP contribution in [0.3, 0.4) is 0 Å². The zero-order valence-corrected chi connectivity index (χ0v) is 12.9. The Morgan fingerprint density at radius 2 is 1.91 bits per heavy atom. The number of halogens is 2. The molecule has 1 aliphatic carbocycles. The van der Waals surface area contributed by atoms with Gasteiger partial charge < -0.3 is 15.2 Å². The molecule has 0 saturated heterocycles. The van der Waals surface area contributed by atoms with Gasteiger partial charge in [0.2, 0.25) is 5.91 Å². The first-order valence-electron chi connectivity index (χ1n) is 7.35. The van der Waals surface area contributed by atoms with Crippen LogP contribution in [0.2, 0.25) is 5.02 Å². The molecule has 1 N–H and O–H groups in total. The molecule has 120 valence electrons. The van der Waals surface area contributed by atoms with Crippen LogP contribution in [0.5, 0.6) is 0 Å². The van der Waals surface area contributed by atoms with E-state index < -0.39 is 17.2 Å². The highest BCUT2D eigenvalue weighted by atomic mass is 35.5. The average molecular weight is 327 g/mol. The van der Waals surface area contributed by atoms with Gasteiger partial charge in [0.1, 0.15) is 5.82 Å². The van der Waals surface area contributed by atoms with E-state index in [1.165, 1.54) is 12.1 Å². The van der Waals surface area contributed by atoms with E-state index in [1.54, 1.807) is 0 Å². The van der Waals surface area contributed by atoms with Gasteiger partial charge in [-0.15, -0.1) is 0 Å². The molecular weight excluding hydrogens is 309 g/mol. The Hall–Kier alpha value is -1.62. The van der Waals surface area contributed by atoms with Crippen molar-refractivity contribution in [3.63, 3.8) is 0 Å². The summed E-state index contributed by atoms with van der Waals surface area (Å²) in [5.74, 6) is -1.99. The van der Waals surface area contributed by atoms with Gasteiger partial charge >= 0.3 is 0 Å². The normalized spacial score (nSPS) is 17.0. The monoisotopic (exact) mass is 326 g/mol. The largest absolute Gasteiger partial charge is 0.550 e. The predicted octanol–water partition coefficient (Wildman–Crippen LogP) is 2.90. The van der Waals surface area contributed by atoms with E-state index in [2.05, 4.69) is 5.32 Å². The summed E-state index contributed by atoms with van der Waals surface area (Å²) in [6, 6.07) is 3.72. The van der Waals surface area contributed by atoms with Crippen LogP contribution in [-0.4, -0.2) is 11.9 Å². The van der Waals surface area contributed by atoms with Crippen molar-refractivity contribution < 1.29 is 19.1 Å². The molecule has 0 aromatic heterocycles. The molecule has 0 atom stereocenters. The molecule has 1 aromatic carbocycles. The number of carbonyl (C=O) groups is 2. The molecule has 0 aliphatic heterocycles. The van der Waals surface area contributed by atoms with Crippen LogP contribution in [0.25, 0.3) is 0 Å². The molecule has 1 fully saturated rings. The zero-order valence-electron chi connectivity index (χ0n) is 12.2. The summed E-state index contributed by atoms with van der Waals surface area (Å²) >= 11 is 5.92. The summed E-state index contributed by atoms with van der Waals surface area (Å²) < 4.78 is 13.2. The number of hydrogen-bond acceptors (Lipinski definition) is 3. The van der Waals surface area contributed by atoms with Gasteiger partial charge in [0.05, 0.1) is 10.7 Å². The quantitative estimate of drug-likeness (QED) is 0.904. The van der Waals surface area contributed by atoms with Crippen LogP contribution in [0.4, 0.5) is 10.1 Å². The highest BCUT2D eigenvalue weighted by molar-refractivity contribution is 6.33. The second kappa shape index (κ2) is 7.09. The van der Waals surface area contributed by atoms with Crippen molar-refractivity contribution in [2.24, 2.45) is 5.41 Å². The Balaban J connectivity index is 2.07. The number of amides is 1. The van der Waals surface area contributed by atoms with Gasteiger partial charge in [-0.2, -0.15) is 0 Å². The topological polar surface area (TPSA) is 69.2 Å². The lowest BCUT2D eigenvalue weighted by atomic mass is 9.69. The van der Waals surface area contributed by atoms with Crippen LogP contribution in [0, 0.1) is 11.2 Å². The maximum absolute atomic E-state index is 13.2. The molecule has 4 nitrogen and oxygen atoms in total. The van der Waals surface area contributed by atoms with Gasteiger partial charge in [-0.1, -0.05) is 30.9 Å². The van der Waals surface area contributed by atoms with Crippen molar-refractivity contribution in [3.05, 3.63) is 29.0 Å². The number of rotatable bonds is 5. The van der Waals surface area contributed by atoms with Crippen molar-refractivity contribution in [1.82, 2.24) is 0 Å². The molecule has 0 bridgehead atoms. The van der Waals surface area contributed by atoms with E-state index in [0.717, 1.165) is 25.3 Å². The molecule has 0 heterocycles. The maximum atomic E-state index is 13.2. The fraction of sp³-hybridized carbons (Fsp3) is 0.500. The Kier molecular flexibility index (Phi) is 5.40. The second-order valence-corrected chi connectivity index (χ2v) is 6.37. The summed E-state index contributed by atoms with van der Waals surface area (Å²) in [5, 5.41) is 13.8. The molecule has 0 spiro atoms. The van der Waals surface area contributed by atoms with Gasteiger partial charge in [-0.05, 0) is 42.9 Å². The molecule has 1 amide bonds. The molecule has 0 radical (unpaired) electrons. The molecular formula is C16H18ClFNO3-. The van der Waals surface area contributed by atoms with Crippen molar-refractivity contribution in [3.8, 4) is 0 Å². The van der Waals surface area contributed by atoms with Crippen molar-refractivity contribution in [2.45, 2.75) is 44.9 Å². The lowest BCUT2D eigenvalue weighted by Gasteiger charge is -2.37. The number of benzene rings is 1. The fourth-order valence-electron chi connectivity index (χ4n) is 3.15. The fourth-order valence-corrected chi connectivity index (χ4v) is 3.32. The lowest BCUT2D eigenvalue weighted by molar-refractivity contribution is -0.308. The van der Waals surface area contributed by atoms with Gasteiger partial charge in [0.15, 0.2) is 0 Å². The lowest BCUT2D eigenvalue weighted by Crippen LogP contribution is -2.36. The number of hydrogen-bond donors (Lipinski definition) is 1. The zero-order chi connectivity index (χ0) is 16.2. The van der Waals surface area contributed by atoms with Gasteiger partial charge in [-0.3, -0.25) is 4.79 Å². The number of carboxylic acids is 1. The molecule has 1 aromatic rings. The highest BCUT2D eigenvalue weighted by Gasteiger charge is 2.34. The van der Waals surface area contributed by atoms with E-state index in [1.807, 2.05) is 0 Å². The molecule has 1 saturated carbocycles. The van der Waals surface area contributed by atoms with E-state index in [-0.39, 0.29) is 29.5 Å². The Bertz CT molecular complexity index is 571. The maximum Gasteiger partial charge on any atom is 0.224 e. The minimum absolute atomic E-state index is 0.0772. The van der Waals surface area contributed by atoms with Crippen LogP contribution < -0.4 is 10.4 Å². The number of anilines is 1. The molecule has 0 unspecified atom stereocenters. The van der Waals surface area contributed by atoms with E-state index in [4.69, 9.17) is 11.6 Å². The van der Waals surface area contributed by atoms with Crippen molar-refractivity contribution in [1.29, 1.82) is 0 Å². The van der Waals surface area contributed by atoms with E-state index in [9.17, 15) is 19.1 Å². The van der Waals surface area contributed by atoms with Crippen molar-refractivity contribution in [2.75, 3.05) is 5.32 Å². The highest BCUT2D eigenvalue weighted by Crippen LogP contribution is 2.42. The van der Waals surface area contributed by atoms with Crippen molar-refractivity contribution >= 4 is 29.2 Å². The summed E-state index contributed by atoms with van der Waals surface area (Å²) in [6.07, 6.45) is 4.18.